The molecule has 8 nitrogen and oxygen atoms in total. The number of hydrogen-bond donors (Lipinski definition) is 1. The number of nitrogens with zero attached hydrogens (tertiary/aromatic N) is 5. The first kappa shape index (κ1) is 28.4. The molecule has 6 rings (SSSR count). The van der Waals surface area contributed by atoms with E-state index in [0.29, 0.717) is 5.92 Å². The van der Waals surface area contributed by atoms with Gasteiger partial charge < -0.3 is 5.11 Å². The summed E-state index contributed by atoms with van der Waals surface area (Å²) in [6.45, 7) is 2.37. The van der Waals surface area contributed by atoms with Crippen molar-refractivity contribution < 1.29 is 5.11 Å². The van der Waals surface area contributed by atoms with Crippen molar-refractivity contribution in [1.29, 1.82) is 0 Å². The molecule has 2 unspecified atom stereocenters. The Morgan fingerprint density at radius 1 is 1.14 bits per heavy atom. The Balaban J connectivity index is 1.23. The first-order valence-electron chi connectivity index (χ1n) is 14.4. The molecule has 2 atom stereocenters. The van der Waals surface area contributed by atoms with Crippen LogP contribution in [0.1, 0.15) is 67.2 Å². The minimum atomic E-state index is -0.568. The van der Waals surface area contributed by atoms with Crippen molar-refractivity contribution in [2.75, 3.05) is 0 Å². The van der Waals surface area contributed by atoms with Crippen LogP contribution in [0.5, 0.6) is 5.88 Å². The summed E-state index contributed by atoms with van der Waals surface area (Å²) in [7, 11) is 1.46. The molecule has 0 saturated carbocycles. The molecular weight excluding hydrogens is 567 g/mol. The average Bonchev–Trinajstić information content (AvgIpc) is 3.57. The van der Waals surface area contributed by atoms with E-state index in [-0.39, 0.29) is 23.5 Å². The highest BCUT2D eigenvalue weighted by molar-refractivity contribution is 8.00. The lowest BCUT2D eigenvalue weighted by Crippen LogP contribution is -2.40. The molecule has 0 radical (unpaired) electrons. The van der Waals surface area contributed by atoms with E-state index in [4.69, 9.17) is 4.99 Å². The zero-order valence-electron chi connectivity index (χ0n) is 23.7. The van der Waals surface area contributed by atoms with Gasteiger partial charge >= 0.3 is 5.69 Å². The Hall–Kier alpha value is -3.76. The molecule has 2 aromatic heterocycles. The van der Waals surface area contributed by atoms with E-state index in [9.17, 15) is 14.7 Å². The summed E-state index contributed by atoms with van der Waals surface area (Å²) in [5.41, 5.74) is 3.18. The summed E-state index contributed by atoms with van der Waals surface area (Å²) in [6, 6.07) is 17.7. The Labute approximate surface area is 251 Å². The van der Waals surface area contributed by atoms with Gasteiger partial charge in [0.2, 0.25) is 11.4 Å². The van der Waals surface area contributed by atoms with Gasteiger partial charge in [-0.1, -0.05) is 67.9 Å². The van der Waals surface area contributed by atoms with Crippen molar-refractivity contribution in [3.05, 3.63) is 107 Å². The largest absolute Gasteiger partial charge is 0.494 e. The molecule has 4 aromatic rings. The molecule has 1 aliphatic carbocycles. The standard InChI is InChI=1S/C32H33N5O3S2/c1-3-4-11-21-12-8-13-22-16-23(14-15-25(21)22)34-35-31-33-28-27(42-31)18-24(41-28)17-26-29(38)36(2)32(40)37(30(26)39)19-20-9-6-5-7-10-20/h5-7,9-10,14-18,21,31,38H,3-4,8,11-13,19H2,1-2H3. The van der Waals surface area contributed by atoms with Crippen LogP contribution in [0.15, 0.2) is 84.3 Å². The normalized spacial score (nSPS) is 18.3. The van der Waals surface area contributed by atoms with E-state index in [0.717, 1.165) is 40.9 Å². The Morgan fingerprint density at radius 3 is 2.76 bits per heavy atom. The molecule has 0 spiro atoms. The fraction of sp³-hybridized carbons (Fsp3) is 0.344. The number of benzene rings is 2. The molecule has 10 heteroatoms. The molecular formula is C32H33N5O3S2. The summed E-state index contributed by atoms with van der Waals surface area (Å²) in [5.74, 6) is 0.303. The van der Waals surface area contributed by atoms with Crippen LogP contribution in [0, 0.1) is 0 Å². The van der Waals surface area contributed by atoms with Crippen LogP contribution in [0.2, 0.25) is 0 Å². The monoisotopic (exact) mass is 599 g/mol. The van der Waals surface area contributed by atoms with Crippen molar-refractivity contribution in [3.63, 3.8) is 0 Å². The Morgan fingerprint density at radius 2 is 1.98 bits per heavy atom. The number of aryl methyl sites for hydroxylation is 1. The van der Waals surface area contributed by atoms with Crippen molar-refractivity contribution in [3.8, 4) is 5.88 Å². The van der Waals surface area contributed by atoms with E-state index in [1.165, 1.54) is 73.4 Å². The van der Waals surface area contributed by atoms with Crippen molar-refractivity contribution in [1.82, 2.24) is 9.13 Å². The zero-order valence-corrected chi connectivity index (χ0v) is 25.3. The smallest absolute Gasteiger partial charge is 0.333 e. The van der Waals surface area contributed by atoms with E-state index in [2.05, 4.69) is 35.4 Å². The van der Waals surface area contributed by atoms with E-state index in [1.807, 2.05) is 36.4 Å². The highest BCUT2D eigenvalue weighted by Crippen LogP contribution is 2.37. The van der Waals surface area contributed by atoms with Crippen LogP contribution < -0.4 is 20.5 Å². The second-order valence-corrected chi connectivity index (χ2v) is 13.0. The summed E-state index contributed by atoms with van der Waals surface area (Å²) in [5, 5.41) is 19.7. The number of rotatable bonds is 8. The van der Waals surface area contributed by atoms with E-state index >= 15 is 0 Å². The minimum Gasteiger partial charge on any atom is -0.494 e. The fourth-order valence-electron chi connectivity index (χ4n) is 5.70. The van der Waals surface area contributed by atoms with Crippen molar-refractivity contribution in [2.24, 2.45) is 22.3 Å². The molecule has 0 saturated heterocycles. The first-order chi connectivity index (χ1) is 20.4. The zero-order chi connectivity index (χ0) is 29.2. The van der Waals surface area contributed by atoms with Gasteiger partial charge in [0, 0.05) is 16.5 Å². The number of thioether (sulfide) groups is 1. The van der Waals surface area contributed by atoms with Gasteiger partial charge in [0.05, 0.1) is 12.2 Å². The quantitative estimate of drug-likeness (QED) is 0.267. The van der Waals surface area contributed by atoms with Gasteiger partial charge in [-0.15, -0.1) is 16.5 Å². The summed E-state index contributed by atoms with van der Waals surface area (Å²) in [6.07, 6.45) is 8.99. The predicted molar refractivity (Wildman–Crippen MR) is 168 cm³/mol. The first-order valence-corrected chi connectivity index (χ1v) is 16.1. The van der Waals surface area contributed by atoms with E-state index in [1.54, 1.807) is 6.08 Å². The van der Waals surface area contributed by atoms with Crippen LogP contribution in [-0.4, -0.2) is 19.7 Å². The van der Waals surface area contributed by atoms with Crippen LogP contribution in [-0.2, 0) is 20.0 Å². The molecule has 2 aliphatic rings. The number of unbranched alkanes of at least 4 members (excludes halogenated alkanes) is 1. The maximum Gasteiger partial charge on any atom is 0.333 e. The third-order valence-electron chi connectivity index (χ3n) is 7.92. The molecule has 42 heavy (non-hydrogen) atoms. The molecule has 3 heterocycles. The number of azo groups is 1. The van der Waals surface area contributed by atoms with Crippen molar-refractivity contribution >= 4 is 34.9 Å². The molecule has 2 aromatic carbocycles. The Bertz CT molecular complexity index is 1890. The summed E-state index contributed by atoms with van der Waals surface area (Å²) < 4.78 is 3.81. The van der Waals surface area contributed by atoms with Crippen LogP contribution in [0.4, 0.5) is 5.69 Å². The molecule has 216 valence electrons. The van der Waals surface area contributed by atoms with Gasteiger partial charge in [-0.25, -0.2) is 9.79 Å². The lowest BCUT2D eigenvalue weighted by atomic mass is 9.80. The van der Waals surface area contributed by atoms with Crippen LogP contribution >= 0.6 is 23.1 Å². The number of hydrogen-bond acceptors (Lipinski definition) is 8. The van der Waals surface area contributed by atoms with Crippen LogP contribution in [0.3, 0.4) is 0 Å². The number of fused-ring (bicyclic) bond motifs is 2. The second kappa shape index (κ2) is 12.2. The maximum absolute atomic E-state index is 13.3. The van der Waals surface area contributed by atoms with Gasteiger partial charge in [-0.2, -0.15) is 5.11 Å². The third kappa shape index (κ3) is 5.78. The van der Waals surface area contributed by atoms with Gasteiger partial charge in [0.1, 0.15) is 10.2 Å². The van der Waals surface area contributed by atoms with Gasteiger partial charge in [0.25, 0.3) is 5.56 Å². The highest BCUT2D eigenvalue weighted by Gasteiger charge is 2.22. The lowest BCUT2D eigenvalue weighted by molar-refractivity contribution is 0.408. The molecule has 1 aliphatic heterocycles. The van der Waals surface area contributed by atoms with E-state index < -0.39 is 11.2 Å². The third-order valence-corrected chi connectivity index (χ3v) is 10.0. The van der Waals surface area contributed by atoms with Crippen LogP contribution in [0.25, 0.3) is 6.08 Å². The number of thiophene rings is 1. The van der Waals surface area contributed by atoms with Gasteiger partial charge in [-0.05, 0) is 72.6 Å². The Kier molecular flexibility index (Phi) is 8.26. The molecule has 0 fully saturated rings. The highest BCUT2D eigenvalue weighted by atomic mass is 32.2. The van der Waals surface area contributed by atoms with Gasteiger partial charge in [0.15, 0.2) is 0 Å². The lowest BCUT2D eigenvalue weighted by Gasteiger charge is -2.25. The summed E-state index contributed by atoms with van der Waals surface area (Å²) >= 11 is 2.92. The molecule has 1 N–H and O–H groups in total. The average molecular weight is 600 g/mol. The summed E-state index contributed by atoms with van der Waals surface area (Å²) in [4.78, 5) is 31.7. The van der Waals surface area contributed by atoms with Crippen molar-refractivity contribution in [2.45, 2.75) is 68.3 Å². The molecule has 0 amide bonds. The number of aromatic nitrogens is 2. The molecule has 0 bridgehead atoms. The van der Waals surface area contributed by atoms with Gasteiger partial charge in [-0.3, -0.25) is 13.9 Å². The maximum atomic E-state index is 13.3. The second-order valence-electron chi connectivity index (χ2n) is 10.8. The fourth-order valence-corrected chi connectivity index (χ4v) is 7.83. The predicted octanol–water partition coefficient (Wildman–Crippen LogP) is 5.59. The number of aromatic hydroxyl groups is 1. The minimum absolute atomic E-state index is 0.0681. The SMILES string of the molecule is CCCCC1CCCc2cc(N=NC3N=c4sc(=Cc5c(O)n(C)c(=O)n(Cc6ccccc6)c5=O)cc4S3)ccc21. The topological polar surface area (TPSA) is 101 Å².